The van der Waals surface area contributed by atoms with Crippen molar-refractivity contribution in [3.8, 4) is 0 Å². The smallest absolute Gasteiger partial charge is 0.325 e. The summed E-state index contributed by atoms with van der Waals surface area (Å²) in [5.41, 5.74) is -0.395. The first-order valence-corrected chi connectivity index (χ1v) is 6.66. The molecular formula is C14H12ClN3O4. The van der Waals surface area contributed by atoms with Crippen LogP contribution in [0.2, 0.25) is 5.02 Å². The van der Waals surface area contributed by atoms with Gasteiger partial charge in [-0.15, -0.1) is 0 Å². The monoisotopic (exact) mass is 321 g/mol. The van der Waals surface area contributed by atoms with E-state index in [1.807, 2.05) is 0 Å². The maximum atomic E-state index is 12.0. The lowest BCUT2D eigenvalue weighted by atomic mass is 10.3. The van der Waals surface area contributed by atoms with Gasteiger partial charge in [0.15, 0.2) is 0 Å². The van der Waals surface area contributed by atoms with Crippen LogP contribution in [0.4, 0.5) is 11.4 Å². The second-order valence-electron chi connectivity index (χ2n) is 4.56. The van der Waals surface area contributed by atoms with Crippen LogP contribution in [-0.2, 0) is 11.3 Å². The normalized spacial score (nSPS) is 10.3. The molecule has 8 heteroatoms. The van der Waals surface area contributed by atoms with Gasteiger partial charge in [0.1, 0.15) is 6.54 Å². The van der Waals surface area contributed by atoms with Crippen LogP contribution >= 0.6 is 11.6 Å². The number of nitrogens with one attached hydrogen (secondary N) is 1. The summed E-state index contributed by atoms with van der Waals surface area (Å²) in [7, 11) is 0. The number of carbonyl (C=O) groups is 1. The lowest BCUT2D eigenvalue weighted by Crippen LogP contribution is -2.30. The van der Waals surface area contributed by atoms with E-state index in [1.54, 1.807) is 31.2 Å². The highest BCUT2D eigenvalue weighted by molar-refractivity contribution is 6.30. The fourth-order valence-corrected chi connectivity index (χ4v) is 2.00. The summed E-state index contributed by atoms with van der Waals surface area (Å²) in [6.07, 6.45) is 0. The van der Waals surface area contributed by atoms with Gasteiger partial charge in [0, 0.05) is 22.5 Å². The van der Waals surface area contributed by atoms with Crippen LogP contribution in [0, 0.1) is 17.0 Å². The number of hydrogen-bond acceptors (Lipinski definition) is 4. The van der Waals surface area contributed by atoms with E-state index < -0.39 is 22.1 Å². The summed E-state index contributed by atoms with van der Waals surface area (Å²) in [6.45, 7) is 1.29. The van der Waals surface area contributed by atoms with Crippen molar-refractivity contribution in [2.75, 3.05) is 5.32 Å². The van der Waals surface area contributed by atoms with E-state index in [1.165, 1.54) is 6.07 Å². The first-order valence-electron chi connectivity index (χ1n) is 6.29. The van der Waals surface area contributed by atoms with Crippen molar-refractivity contribution in [3.05, 3.63) is 67.6 Å². The van der Waals surface area contributed by atoms with Crippen LogP contribution < -0.4 is 10.9 Å². The fraction of sp³-hybridized carbons (Fsp3) is 0.143. The molecule has 2 aromatic rings. The standard InChI is InChI=1S/C14H12ClN3O4/c1-9-2-7-12(18(21)22)14(20)17(9)8-13(19)16-11-5-3-10(15)4-6-11/h2-7H,8H2,1H3,(H,16,19). The molecule has 1 aromatic heterocycles. The summed E-state index contributed by atoms with van der Waals surface area (Å²) in [4.78, 5) is 34.0. The zero-order chi connectivity index (χ0) is 16.3. The van der Waals surface area contributed by atoms with Crippen molar-refractivity contribution >= 4 is 28.9 Å². The molecule has 0 saturated carbocycles. The average molecular weight is 322 g/mol. The van der Waals surface area contributed by atoms with E-state index in [0.717, 1.165) is 10.6 Å². The maximum absolute atomic E-state index is 12.0. The Bertz CT molecular complexity index is 784. The Kier molecular flexibility index (Phi) is 4.57. The number of benzene rings is 1. The van der Waals surface area contributed by atoms with Gasteiger partial charge in [-0.3, -0.25) is 24.3 Å². The summed E-state index contributed by atoms with van der Waals surface area (Å²) in [5, 5.41) is 13.9. The van der Waals surface area contributed by atoms with Crippen LogP contribution in [0.1, 0.15) is 5.69 Å². The number of hydrogen-bond donors (Lipinski definition) is 1. The van der Waals surface area contributed by atoms with Crippen molar-refractivity contribution in [2.45, 2.75) is 13.5 Å². The van der Waals surface area contributed by atoms with Crippen LogP contribution in [-0.4, -0.2) is 15.4 Å². The van der Waals surface area contributed by atoms with Crippen LogP contribution in [0.3, 0.4) is 0 Å². The van der Waals surface area contributed by atoms with Gasteiger partial charge < -0.3 is 5.32 Å². The van der Waals surface area contributed by atoms with Gasteiger partial charge >= 0.3 is 11.2 Å². The topological polar surface area (TPSA) is 94.2 Å². The molecular weight excluding hydrogens is 310 g/mol. The Labute approximate surface area is 130 Å². The van der Waals surface area contributed by atoms with Crippen LogP contribution in [0.5, 0.6) is 0 Å². The average Bonchev–Trinajstić information content (AvgIpc) is 2.45. The highest BCUT2D eigenvalue weighted by Gasteiger charge is 2.17. The SMILES string of the molecule is Cc1ccc([N+](=O)[O-])c(=O)n1CC(=O)Nc1ccc(Cl)cc1. The lowest BCUT2D eigenvalue weighted by Gasteiger charge is -2.10. The van der Waals surface area contributed by atoms with E-state index in [2.05, 4.69) is 5.32 Å². The molecule has 1 aromatic carbocycles. The molecule has 1 N–H and O–H groups in total. The molecule has 0 aliphatic carbocycles. The van der Waals surface area contributed by atoms with E-state index in [0.29, 0.717) is 16.4 Å². The first kappa shape index (κ1) is 15.7. The molecule has 22 heavy (non-hydrogen) atoms. The van der Waals surface area contributed by atoms with Crippen molar-refractivity contribution in [1.29, 1.82) is 0 Å². The second kappa shape index (κ2) is 6.40. The molecule has 0 atom stereocenters. The highest BCUT2D eigenvalue weighted by Crippen LogP contribution is 2.13. The van der Waals surface area contributed by atoms with Crippen LogP contribution in [0.15, 0.2) is 41.2 Å². The Morgan fingerprint density at radius 3 is 2.50 bits per heavy atom. The molecule has 7 nitrogen and oxygen atoms in total. The number of halogens is 1. The van der Waals surface area contributed by atoms with Gasteiger partial charge in [-0.1, -0.05) is 11.6 Å². The number of carbonyl (C=O) groups excluding carboxylic acids is 1. The van der Waals surface area contributed by atoms with Gasteiger partial charge in [0.2, 0.25) is 5.91 Å². The van der Waals surface area contributed by atoms with Gasteiger partial charge in [0.25, 0.3) is 0 Å². The third kappa shape index (κ3) is 3.50. The van der Waals surface area contributed by atoms with E-state index in [-0.39, 0.29) is 6.54 Å². The van der Waals surface area contributed by atoms with Gasteiger partial charge in [-0.05, 0) is 37.3 Å². The number of anilines is 1. The zero-order valence-corrected chi connectivity index (χ0v) is 12.3. The molecule has 0 bridgehead atoms. The lowest BCUT2D eigenvalue weighted by molar-refractivity contribution is -0.386. The molecule has 0 aliphatic rings. The largest absolute Gasteiger partial charge is 0.334 e. The van der Waals surface area contributed by atoms with Crippen molar-refractivity contribution in [2.24, 2.45) is 0 Å². The molecule has 1 heterocycles. The molecule has 0 fully saturated rings. The quantitative estimate of drug-likeness (QED) is 0.690. The maximum Gasteiger partial charge on any atom is 0.334 e. The fourth-order valence-electron chi connectivity index (χ4n) is 1.87. The predicted octanol–water partition coefficient (Wildman–Crippen LogP) is 2.36. The molecule has 0 aliphatic heterocycles. The van der Waals surface area contributed by atoms with E-state index >= 15 is 0 Å². The summed E-state index contributed by atoms with van der Waals surface area (Å²) >= 11 is 5.74. The van der Waals surface area contributed by atoms with Crippen LogP contribution in [0.25, 0.3) is 0 Å². The summed E-state index contributed by atoms with van der Waals surface area (Å²) in [6, 6.07) is 9.01. The molecule has 2 rings (SSSR count). The minimum atomic E-state index is -0.809. The number of aromatic nitrogens is 1. The van der Waals surface area contributed by atoms with E-state index in [9.17, 15) is 19.7 Å². The number of nitrogens with zero attached hydrogens (tertiary/aromatic N) is 2. The van der Waals surface area contributed by atoms with Gasteiger partial charge in [-0.2, -0.15) is 0 Å². The van der Waals surface area contributed by atoms with Crippen molar-refractivity contribution < 1.29 is 9.72 Å². The second-order valence-corrected chi connectivity index (χ2v) is 5.00. The number of pyridine rings is 1. The predicted molar refractivity (Wildman–Crippen MR) is 82.2 cm³/mol. The Morgan fingerprint density at radius 2 is 1.91 bits per heavy atom. The first-order chi connectivity index (χ1) is 10.4. The zero-order valence-electron chi connectivity index (χ0n) is 11.6. The highest BCUT2D eigenvalue weighted by atomic mass is 35.5. The number of aryl methyl sites for hydroxylation is 1. The molecule has 1 amide bonds. The Balaban J connectivity index is 2.21. The minimum absolute atomic E-state index is 0.311. The molecule has 0 unspecified atom stereocenters. The van der Waals surface area contributed by atoms with E-state index in [4.69, 9.17) is 11.6 Å². The molecule has 0 spiro atoms. The van der Waals surface area contributed by atoms with Gasteiger partial charge in [-0.25, -0.2) is 0 Å². The minimum Gasteiger partial charge on any atom is -0.325 e. The number of nitro groups is 1. The number of rotatable bonds is 4. The molecule has 114 valence electrons. The summed E-state index contributed by atoms with van der Waals surface area (Å²) in [5.74, 6) is -0.465. The van der Waals surface area contributed by atoms with Gasteiger partial charge in [0.05, 0.1) is 4.92 Å². The van der Waals surface area contributed by atoms with Crippen molar-refractivity contribution in [1.82, 2.24) is 4.57 Å². The summed E-state index contributed by atoms with van der Waals surface area (Å²) < 4.78 is 1.06. The number of amides is 1. The van der Waals surface area contributed by atoms with Crippen molar-refractivity contribution in [3.63, 3.8) is 0 Å². The Morgan fingerprint density at radius 1 is 1.27 bits per heavy atom. The molecule has 0 saturated heterocycles. The third-order valence-corrected chi connectivity index (χ3v) is 3.25. The molecule has 0 radical (unpaired) electrons. The Hall–Kier alpha value is -2.67. The third-order valence-electron chi connectivity index (χ3n) is 3.00.